The molecule has 2 atom stereocenters. The van der Waals surface area contributed by atoms with Crippen LogP contribution in [0.15, 0.2) is 23.3 Å². The molecule has 0 aromatic rings. The highest BCUT2D eigenvalue weighted by atomic mass is 16.1. The maximum Gasteiger partial charge on any atom is 0.139 e. The van der Waals surface area contributed by atoms with Gasteiger partial charge in [0.1, 0.15) is 5.78 Å². The molecule has 1 fully saturated rings. The van der Waals surface area contributed by atoms with Gasteiger partial charge in [0.25, 0.3) is 0 Å². The lowest BCUT2D eigenvalue weighted by Crippen LogP contribution is -2.26. The third-order valence-electron chi connectivity index (χ3n) is 3.92. The van der Waals surface area contributed by atoms with Crippen molar-refractivity contribution in [2.24, 2.45) is 11.8 Å². The minimum Gasteiger partial charge on any atom is -0.299 e. The van der Waals surface area contributed by atoms with E-state index in [4.69, 9.17) is 0 Å². The van der Waals surface area contributed by atoms with Crippen LogP contribution in [0.1, 0.15) is 66.2 Å². The first-order valence-corrected chi connectivity index (χ1v) is 7.33. The minimum atomic E-state index is 0.295. The van der Waals surface area contributed by atoms with Crippen LogP contribution in [0, 0.1) is 11.8 Å². The van der Waals surface area contributed by atoms with Crippen LogP contribution in [0.5, 0.6) is 0 Å². The lowest BCUT2D eigenvalue weighted by molar-refractivity contribution is -0.128. The number of carbonyl (C=O) groups is 1. The van der Waals surface area contributed by atoms with Crippen molar-refractivity contribution in [2.45, 2.75) is 66.2 Å². The highest BCUT2D eigenvalue weighted by Gasteiger charge is 2.26. The number of allylic oxidation sites excluding steroid dienone is 4. The molecule has 1 saturated carbocycles. The first-order chi connectivity index (χ1) is 8.50. The summed E-state index contributed by atoms with van der Waals surface area (Å²) in [5.41, 5.74) is 2.82. The smallest absolute Gasteiger partial charge is 0.139 e. The fourth-order valence-corrected chi connectivity index (χ4v) is 2.63. The molecule has 0 radical (unpaired) electrons. The molecular formula is C17H28O. The molecule has 0 bridgehead atoms. The summed E-state index contributed by atoms with van der Waals surface area (Å²) in [5.74, 6) is 1.09. The van der Waals surface area contributed by atoms with Crippen molar-refractivity contribution in [1.29, 1.82) is 0 Å². The lowest BCUT2D eigenvalue weighted by Gasteiger charge is -2.24. The molecule has 18 heavy (non-hydrogen) atoms. The van der Waals surface area contributed by atoms with Crippen molar-refractivity contribution >= 4 is 5.78 Å². The highest BCUT2D eigenvalue weighted by Crippen LogP contribution is 2.28. The number of carbonyl (C=O) groups excluding carboxylic acids is 1. The Labute approximate surface area is 112 Å². The van der Waals surface area contributed by atoms with Gasteiger partial charge in [-0.15, -0.1) is 0 Å². The summed E-state index contributed by atoms with van der Waals surface area (Å²) < 4.78 is 0. The first-order valence-electron chi connectivity index (χ1n) is 7.33. The average molecular weight is 248 g/mol. The normalized spacial score (nSPS) is 25.1. The number of hydrogen-bond donors (Lipinski definition) is 0. The summed E-state index contributed by atoms with van der Waals surface area (Å²) in [7, 11) is 0. The van der Waals surface area contributed by atoms with Crippen molar-refractivity contribution in [3.63, 3.8) is 0 Å². The second kappa shape index (κ2) is 7.56. The van der Waals surface area contributed by atoms with Gasteiger partial charge in [0.2, 0.25) is 0 Å². The maximum atomic E-state index is 12.0. The summed E-state index contributed by atoms with van der Waals surface area (Å²) in [6.07, 6.45) is 11.2. The highest BCUT2D eigenvalue weighted by molar-refractivity contribution is 5.83. The molecule has 0 saturated heterocycles. The molecule has 1 rings (SSSR count). The van der Waals surface area contributed by atoms with Gasteiger partial charge in [0.15, 0.2) is 0 Å². The minimum absolute atomic E-state index is 0.295. The Kier molecular flexibility index (Phi) is 6.38. The van der Waals surface area contributed by atoms with Crippen molar-refractivity contribution in [2.75, 3.05) is 0 Å². The Morgan fingerprint density at radius 3 is 2.61 bits per heavy atom. The summed E-state index contributed by atoms with van der Waals surface area (Å²) in [5, 5.41) is 0. The molecule has 1 aliphatic rings. The van der Waals surface area contributed by atoms with E-state index >= 15 is 0 Å². The van der Waals surface area contributed by atoms with Crippen LogP contribution in [0.4, 0.5) is 0 Å². The van der Waals surface area contributed by atoms with Gasteiger partial charge in [-0.2, -0.15) is 0 Å². The van der Waals surface area contributed by atoms with E-state index in [0.29, 0.717) is 17.6 Å². The number of Topliss-reactive ketones (excluding diaryl/α,β-unsaturated/α-hetero) is 1. The van der Waals surface area contributed by atoms with Crippen molar-refractivity contribution in [3.05, 3.63) is 23.3 Å². The molecule has 0 aromatic heterocycles. The summed E-state index contributed by atoms with van der Waals surface area (Å²) in [6, 6.07) is 0. The van der Waals surface area contributed by atoms with Gasteiger partial charge in [-0.3, -0.25) is 4.79 Å². The molecule has 1 heteroatoms. The van der Waals surface area contributed by atoms with E-state index in [1.807, 2.05) is 0 Å². The van der Waals surface area contributed by atoms with Gasteiger partial charge in [-0.05, 0) is 52.9 Å². The van der Waals surface area contributed by atoms with Crippen LogP contribution in [-0.2, 0) is 4.79 Å². The Morgan fingerprint density at radius 1 is 1.22 bits per heavy atom. The van der Waals surface area contributed by atoms with E-state index in [1.165, 1.54) is 17.6 Å². The lowest BCUT2D eigenvalue weighted by atomic mass is 9.79. The molecule has 102 valence electrons. The quantitative estimate of drug-likeness (QED) is 0.620. The van der Waals surface area contributed by atoms with Gasteiger partial charge in [0.05, 0.1) is 0 Å². The van der Waals surface area contributed by atoms with Crippen LogP contribution in [0.3, 0.4) is 0 Å². The molecule has 0 spiro atoms. The van der Waals surface area contributed by atoms with Gasteiger partial charge < -0.3 is 0 Å². The Bertz CT molecular complexity index is 332. The van der Waals surface area contributed by atoms with E-state index in [1.54, 1.807) is 0 Å². The number of hydrogen-bond acceptors (Lipinski definition) is 1. The Morgan fingerprint density at radius 2 is 1.94 bits per heavy atom. The first kappa shape index (κ1) is 15.2. The fraction of sp³-hybridized carbons (Fsp3) is 0.706. The van der Waals surface area contributed by atoms with Crippen molar-refractivity contribution < 1.29 is 4.79 Å². The van der Waals surface area contributed by atoms with Gasteiger partial charge in [0, 0.05) is 11.8 Å². The van der Waals surface area contributed by atoms with Crippen LogP contribution in [0.2, 0.25) is 0 Å². The molecule has 1 aliphatic carbocycles. The monoisotopic (exact) mass is 248 g/mol. The van der Waals surface area contributed by atoms with E-state index in [0.717, 1.165) is 32.1 Å². The Balaban J connectivity index is 2.38. The second-order valence-electron chi connectivity index (χ2n) is 6.04. The van der Waals surface area contributed by atoms with Crippen LogP contribution >= 0.6 is 0 Å². The van der Waals surface area contributed by atoms with Crippen LogP contribution < -0.4 is 0 Å². The summed E-state index contributed by atoms with van der Waals surface area (Å²) in [4.78, 5) is 12.0. The fourth-order valence-electron chi connectivity index (χ4n) is 2.63. The molecule has 0 aliphatic heterocycles. The molecule has 1 nitrogen and oxygen atoms in total. The predicted molar refractivity (Wildman–Crippen MR) is 78.6 cm³/mol. The SMILES string of the molecule is CC(C)=CCC/C(C)=C\C[C@H]1CCC[C@@H](C)C1=O. The molecule has 0 heterocycles. The number of ketones is 1. The van der Waals surface area contributed by atoms with E-state index in [-0.39, 0.29) is 0 Å². The Hall–Kier alpha value is -0.850. The molecule has 0 aromatic carbocycles. The topological polar surface area (TPSA) is 17.1 Å². The van der Waals surface area contributed by atoms with Gasteiger partial charge in [-0.1, -0.05) is 36.6 Å². The summed E-state index contributed by atoms with van der Waals surface area (Å²) >= 11 is 0. The standard InChI is InChI=1S/C17H28O/c1-13(2)7-5-8-14(3)11-12-16-10-6-9-15(4)17(16)18/h7,11,15-16H,5-6,8-10,12H2,1-4H3/b14-11-/t15-,16-/m1/s1. The predicted octanol–water partition coefficient (Wildman–Crippen LogP) is 5.07. The molecule has 0 N–H and O–H groups in total. The molecule has 0 amide bonds. The second-order valence-corrected chi connectivity index (χ2v) is 6.04. The van der Waals surface area contributed by atoms with E-state index in [2.05, 4.69) is 39.8 Å². The largest absolute Gasteiger partial charge is 0.299 e. The maximum absolute atomic E-state index is 12.0. The zero-order valence-electron chi connectivity index (χ0n) is 12.5. The average Bonchev–Trinajstić information content (AvgIpc) is 2.30. The van der Waals surface area contributed by atoms with Gasteiger partial charge in [-0.25, -0.2) is 0 Å². The van der Waals surface area contributed by atoms with Crippen molar-refractivity contribution in [3.8, 4) is 0 Å². The summed E-state index contributed by atoms with van der Waals surface area (Å²) in [6.45, 7) is 8.55. The van der Waals surface area contributed by atoms with E-state index < -0.39 is 0 Å². The molecular weight excluding hydrogens is 220 g/mol. The van der Waals surface area contributed by atoms with Crippen LogP contribution in [0.25, 0.3) is 0 Å². The van der Waals surface area contributed by atoms with Gasteiger partial charge >= 0.3 is 0 Å². The zero-order chi connectivity index (χ0) is 13.5. The van der Waals surface area contributed by atoms with Crippen LogP contribution in [-0.4, -0.2) is 5.78 Å². The molecule has 0 unspecified atom stereocenters. The van der Waals surface area contributed by atoms with E-state index in [9.17, 15) is 4.79 Å². The third-order valence-corrected chi connectivity index (χ3v) is 3.92. The third kappa shape index (κ3) is 5.20. The number of rotatable bonds is 5. The zero-order valence-corrected chi connectivity index (χ0v) is 12.5. The van der Waals surface area contributed by atoms with Crippen molar-refractivity contribution in [1.82, 2.24) is 0 Å².